The molecular weight excluding hydrogens is 348 g/mol. The van der Waals surface area contributed by atoms with Crippen molar-refractivity contribution >= 4 is 5.96 Å². The summed E-state index contributed by atoms with van der Waals surface area (Å²) in [6, 6.07) is 6.52. The van der Waals surface area contributed by atoms with Crippen molar-refractivity contribution in [3.8, 4) is 0 Å². The third kappa shape index (κ3) is 5.86. The van der Waals surface area contributed by atoms with E-state index < -0.39 is 18.1 Å². The van der Waals surface area contributed by atoms with Crippen molar-refractivity contribution in [2.45, 2.75) is 37.9 Å². The lowest BCUT2D eigenvalue weighted by molar-refractivity contribution is -0.143. The average molecular weight is 374 g/mol. The molecule has 0 saturated carbocycles. The van der Waals surface area contributed by atoms with Gasteiger partial charge in [0.25, 0.3) is 0 Å². The second kappa shape index (κ2) is 8.24. The number of aliphatic imine (C=N–C) groups is 1. The molecule has 0 aromatic heterocycles. The first kappa shape index (κ1) is 20.5. The average Bonchev–Trinajstić information content (AvgIpc) is 2.96. The highest BCUT2D eigenvalue weighted by atomic mass is 19.4. The Morgan fingerprint density at radius 1 is 1.27 bits per heavy atom. The number of guanidine groups is 1. The second-order valence-corrected chi connectivity index (χ2v) is 7.27. The van der Waals surface area contributed by atoms with Crippen molar-refractivity contribution in [3.05, 3.63) is 35.6 Å². The van der Waals surface area contributed by atoms with Crippen molar-refractivity contribution in [1.82, 2.24) is 15.5 Å². The van der Waals surface area contributed by atoms with E-state index in [2.05, 4.69) is 15.6 Å². The van der Waals surface area contributed by atoms with E-state index in [4.69, 9.17) is 0 Å². The second-order valence-electron chi connectivity index (χ2n) is 7.27. The van der Waals surface area contributed by atoms with Crippen molar-refractivity contribution in [3.63, 3.8) is 0 Å². The number of hydrogen-bond acceptors (Lipinski definition) is 2. The molecule has 1 saturated heterocycles. The van der Waals surface area contributed by atoms with E-state index in [9.17, 15) is 17.6 Å². The van der Waals surface area contributed by atoms with E-state index in [0.29, 0.717) is 37.6 Å². The molecule has 1 aromatic rings. The van der Waals surface area contributed by atoms with Gasteiger partial charge in [0.15, 0.2) is 5.96 Å². The van der Waals surface area contributed by atoms with E-state index in [-0.39, 0.29) is 11.9 Å². The molecule has 146 valence electrons. The molecule has 0 spiro atoms. The van der Waals surface area contributed by atoms with E-state index >= 15 is 0 Å². The van der Waals surface area contributed by atoms with E-state index in [1.807, 2.05) is 13.8 Å². The third-order valence-corrected chi connectivity index (χ3v) is 4.54. The maximum absolute atomic E-state index is 14.0. The molecule has 1 aromatic carbocycles. The van der Waals surface area contributed by atoms with Gasteiger partial charge in [-0.2, -0.15) is 13.2 Å². The summed E-state index contributed by atoms with van der Waals surface area (Å²) in [5, 5.41) is 6.31. The lowest BCUT2D eigenvalue weighted by atomic mass is 9.84. The highest BCUT2D eigenvalue weighted by Gasteiger charge is 2.34. The Labute approximate surface area is 151 Å². The zero-order valence-corrected chi connectivity index (χ0v) is 15.3. The predicted molar refractivity (Wildman–Crippen MR) is 94.8 cm³/mol. The monoisotopic (exact) mass is 374 g/mol. The Bertz CT molecular complexity index is 628. The zero-order chi connectivity index (χ0) is 19.4. The third-order valence-electron chi connectivity index (χ3n) is 4.54. The zero-order valence-electron chi connectivity index (χ0n) is 15.3. The Morgan fingerprint density at radius 2 is 1.96 bits per heavy atom. The Kier molecular flexibility index (Phi) is 6.49. The summed E-state index contributed by atoms with van der Waals surface area (Å²) in [6.07, 6.45) is -3.56. The largest absolute Gasteiger partial charge is 0.401 e. The van der Waals surface area contributed by atoms with Gasteiger partial charge in [-0.25, -0.2) is 4.39 Å². The first-order valence-corrected chi connectivity index (χ1v) is 8.62. The van der Waals surface area contributed by atoms with Gasteiger partial charge in [0, 0.05) is 38.1 Å². The summed E-state index contributed by atoms with van der Waals surface area (Å²) >= 11 is 0. The van der Waals surface area contributed by atoms with Crippen LogP contribution in [0.25, 0.3) is 0 Å². The number of alkyl halides is 3. The summed E-state index contributed by atoms with van der Waals surface area (Å²) in [4.78, 5) is 5.51. The van der Waals surface area contributed by atoms with Crippen LogP contribution in [0, 0.1) is 5.82 Å². The van der Waals surface area contributed by atoms with Gasteiger partial charge in [-0.15, -0.1) is 0 Å². The minimum atomic E-state index is -4.18. The Hall–Kier alpha value is -1.83. The van der Waals surface area contributed by atoms with E-state index in [1.165, 1.54) is 11.0 Å². The molecule has 1 aliphatic rings. The maximum Gasteiger partial charge on any atom is 0.401 e. The SMILES string of the molecule is CN=C(NCC(C)(C)c1ccccc1F)NC1CCN(CC(F)(F)F)C1. The van der Waals surface area contributed by atoms with Crippen LogP contribution in [0.1, 0.15) is 25.8 Å². The molecule has 1 heterocycles. The molecule has 2 N–H and O–H groups in total. The highest BCUT2D eigenvalue weighted by molar-refractivity contribution is 5.80. The minimum absolute atomic E-state index is 0.0971. The summed E-state index contributed by atoms with van der Waals surface area (Å²) < 4.78 is 51.5. The standard InChI is InChI=1S/C18H26F4N4/c1-17(2,14-6-4-5-7-15(14)19)11-24-16(23-3)25-13-8-9-26(10-13)12-18(20,21)22/h4-7,13H,8-12H2,1-3H3,(H2,23,24,25). The minimum Gasteiger partial charge on any atom is -0.356 e. The van der Waals surface area contributed by atoms with Gasteiger partial charge in [0.05, 0.1) is 6.54 Å². The van der Waals surface area contributed by atoms with Crippen LogP contribution >= 0.6 is 0 Å². The molecule has 1 fully saturated rings. The number of nitrogens with zero attached hydrogens (tertiary/aromatic N) is 2. The van der Waals surface area contributed by atoms with Crippen molar-refractivity contribution < 1.29 is 17.6 Å². The van der Waals surface area contributed by atoms with Crippen LogP contribution < -0.4 is 10.6 Å². The quantitative estimate of drug-likeness (QED) is 0.473. The van der Waals surface area contributed by atoms with Crippen LogP contribution in [-0.2, 0) is 5.41 Å². The fourth-order valence-corrected chi connectivity index (χ4v) is 3.15. The molecule has 1 unspecified atom stereocenters. The molecule has 4 nitrogen and oxygen atoms in total. The van der Waals surface area contributed by atoms with E-state index in [0.717, 1.165) is 0 Å². The Balaban J connectivity index is 1.88. The van der Waals surface area contributed by atoms with Gasteiger partial charge in [0.2, 0.25) is 0 Å². The summed E-state index contributed by atoms with van der Waals surface area (Å²) in [5.41, 5.74) is 0.126. The van der Waals surface area contributed by atoms with Crippen molar-refractivity contribution in [2.24, 2.45) is 4.99 Å². The molecule has 8 heteroatoms. The number of rotatable bonds is 5. The molecule has 1 aliphatic heterocycles. The van der Waals surface area contributed by atoms with Gasteiger partial charge in [0.1, 0.15) is 5.82 Å². The van der Waals surface area contributed by atoms with Crippen LogP contribution in [0.4, 0.5) is 17.6 Å². The number of halogens is 4. The summed E-state index contributed by atoms with van der Waals surface area (Å²) in [6.45, 7) is 4.11. The molecule has 0 bridgehead atoms. The molecule has 26 heavy (non-hydrogen) atoms. The maximum atomic E-state index is 14.0. The smallest absolute Gasteiger partial charge is 0.356 e. The number of nitrogens with one attached hydrogen (secondary N) is 2. The molecular formula is C18H26F4N4. The lowest BCUT2D eigenvalue weighted by Gasteiger charge is -2.28. The highest BCUT2D eigenvalue weighted by Crippen LogP contribution is 2.25. The normalized spacial score (nSPS) is 19.7. The first-order valence-electron chi connectivity index (χ1n) is 8.62. The van der Waals surface area contributed by atoms with Gasteiger partial charge < -0.3 is 10.6 Å². The molecule has 0 amide bonds. The molecule has 0 aliphatic carbocycles. The lowest BCUT2D eigenvalue weighted by Crippen LogP contribution is -2.48. The summed E-state index contributed by atoms with van der Waals surface area (Å²) in [7, 11) is 1.61. The van der Waals surface area contributed by atoms with Gasteiger partial charge >= 0.3 is 6.18 Å². The van der Waals surface area contributed by atoms with Crippen LogP contribution in [0.15, 0.2) is 29.3 Å². The molecule has 2 rings (SSSR count). The van der Waals surface area contributed by atoms with Crippen LogP contribution in [0.2, 0.25) is 0 Å². The fraction of sp³-hybridized carbons (Fsp3) is 0.611. The predicted octanol–water partition coefficient (Wildman–Crippen LogP) is 2.90. The molecule has 0 radical (unpaired) electrons. The first-order chi connectivity index (χ1) is 12.1. The van der Waals surface area contributed by atoms with Gasteiger partial charge in [-0.1, -0.05) is 32.0 Å². The fourth-order valence-electron chi connectivity index (χ4n) is 3.15. The van der Waals surface area contributed by atoms with Crippen molar-refractivity contribution in [2.75, 3.05) is 33.2 Å². The van der Waals surface area contributed by atoms with Gasteiger partial charge in [-0.3, -0.25) is 9.89 Å². The number of likely N-dealkylation sites (tertiary alicyclic amines) is 1. The number of benzene rings is 1. The molecule has 1 atom stereocenters. The number of hydrogen-bond donors (Lipinski definition) is 2. The van der Waals surface area contributed by atoms with E-state index in [1.54, 1.807) is 25.2 Å². The summed E-state index contributed by atoms with van der Waals surface area (Å²) in [5.74, 6) is 0.245. The van der Waals surface area contributed by atoms with Crippen LogP contribution in [0.3, 0.4) is 0 Å². The van der Waals surface area contributed by atoms with Crippen LogP contribution in [-0.4, -0.2) is 56.3 Å². The van der Waals surface area contributed by atoms with Crippen LogP contribution in [0.5, 0.6) is 0 Å². The van der Waals surface area contributed by atoms with Crippen molar-refractivity contribution in [1.29, 1.82) is 0 Å². The Morgan fingerprint density at radius 3 is 2.58 bits per heavy atom. The topological polar surface area (TPSA) is 39.7 Å². The van der Waals surface area contributed by atoms with Gasteiger partial charge in [-0.05, 0) is 18.1 Å².